The van der Waals surface area contributed by atoms with E-state index in [1.54, 1.807) is 0 Å². The van der Waals surface area contributed by atoms with Gasteiger partial charge in [-0.05, 0) is 24.3 Å². The maximum atomic E-state index is 13.4. The van der Waals surface area contributed by atoms with Crippen LogP contribution in [0.1, 0.15) is 11.7 Å². The van der Waals surface area contributed by atoms with E-state index in [9.17, 15) is 24.1 Å². The van der Waals surface area contributed by atoms with Gasteiger partial charge in [-0.15, -0.1) is 0 Å². The Hall–Kier alpha value is -3.31. The number of carbonyl (C=O) groups excluding carboxylic acids is 2. The molecule has 11 heteroatoms. The van der Waals surface area contributed by atoms with Crippen molar-refractivity contribution in [3.8, 4) is 0 Å². The highest BCUT2D eigenvalue weighted by atomic mass is 19.1. The number of aryl methyl sites for hydroxylation is 1. The molecule has 0 saturated carbocycles. The van der Waals surface area contributed by atoms with Crippen molar-refractivity contribution in [1.29, 1.82) is 0 Å². The Labute approximate surface area is 171 Å². The van der Waals surface area contributed by atoms with Crippen LogP contribution in [0.2, 0.25) is 0 Å². The fourth-order valence-corrected chi connectivity index (χ4v) is 3.32. The van der Waals surface area contributed by atoms with E-state index in [2.05, 4.69) is 15.5 Å². The third-order valence-electron chi connectivity index (χ3n) is 4.87. The van der Waals surface area contributed by atoms with Crippen molar-refractivity contribution < 1.29 is 23.6 Å². The lowest BCUT2D eigenvalue weighted by molar-refractivity contribution is -0.387. The average molecular weight is 419 g/mol. The molecule has 1 unspecified atom stereocenters. The Morgan fingerprint density at radius 3 is 2.63 bits per heavy atom. The number of hydrogen-bond acceptors (Lipinski definition) is 6. The van der Waals surface area contributed by atoms with Gasteiger partial charge in [0.25, 0.3) is 0 Å². The van der Waals surface area contributed by atoms with Gasteiger partial charge in [0, 0.05) is 50.3 Å². The van der Waals surface area contributed by atoms with E-state index in [4.69, 9.17) is 4.74 Å². The first-order valence-electron chi connectivity index (χ1n) is 9.33. The molecule has 10 nitrogen and oxygen atoms in total. The van der Waals surface area contributed by atoms with Gasteiger partial charge < -0.3 is 19.9 Å². The van der Waals surface area contributed by atoms with E-state index in [-0.39, 0.29) is 18.3 Å². The van der Waals surface area contributed by atoms with E-state index in [0.29, 0.717) is 26.3 Å². The Balaban J connectivity index is 1.65. The normalized spacial score (nSPS) is 15.4. The topological polar surface area (TPSA) is 119 Å². The van der Waals surface area contributed by atoms with Crippen molar-refractivity contribution in [2.45, 2.75) is 6.04 Å². The largest absolute Gasteiger partial charge is 0.379 e. The van der Waals surface area contributed by atoms with E-state index in [1.807, 2.05) is 29.9 Å². The van der Waals surface area contributed by atoms with Gasteiger partial charge in [0.05, 0.1) is 24.2 Å². The number of nitrogens with one attached hydrogen (secondary N) is 2. The summed E-state index contributed by atoms with van der Waals surface area (Å²) in [5.74, 6) is -2.92. The minimum absolute atomic E-state index is 0.0459. The minimum Gasteiger partial charge on any atom is -0.379 e. The number of halogens is 1. The molecule has 1 aromatic heterocycles. The minimum atomic E-state index is -1.03. The standard InChI is InChI=1S/C19H22FN5O5/c1-23-6-2-3-15(23)17(24-7-9-30-10-8-24)12-21-18(26)19(27)22-13-4-5-14(20)16(11-13)25(28)29/h2-6,11,17H,7-10,12H2,1H3,(H,21,26)(H,22,27). The second kappa shape index (κ2) is 9.46. The van der Waals surface area contributed by atoms with Crippen molar-refractivity contribution in [3.63, 3.8) is 0 Å². The molecule has 1 aliphatic heterocycles. The van der Waals surface area contributed by atoms with Crippen LogP contribution in [0.3, 0.4) is 0 Å². The molecule has 2 N–H and O–H groups in total. The molecule has 1 saturated heterocycles. The maximum absolute atomic E-state index is 13.4. The third kappa shape index (κ3) is 4.99. The van der Waals surface area contributed by atoms with E-state index in [0.717, 1.165) is 23.9 Å². The van der Waals surface area contributed by atoms with E-state index >= 15 is 0 Å². The number of morpholine rings is 1. The predicted molar refractivity (Wildman–Crippen MR) is 105 cm³/mol. The highest BCUT2D eigenvalue weighted by Crippen LogP contribution is 2.22. The molecule has 0 spiro atoms. The molecule has 2 heterocycles. The monoisotopic (exact) mass is 419 g/mol. The Morgan fingerprint density at radius 1 is 1.27 bits per heavy atom. The summed E-state index contributed by atoms with van der Waals surface area (Å²) in [5.41, 5.74) is 0.145. The van der Waals surface area contributed by atoms with Crippen LogP contribution in [0.25, 0.3) is 0 Å². The number of anilines is 1. The predicted octanol–water partition coefficient (Wildman–Crippen LogP) is 1.20. The van der Waals surface area contributed by atoms with Gasteiger partial charge in [0.15, 0.2) is 0 Å². The van der Waals surface area contributed by atoms with Gasteiger partial charge in [-0.2, -0.15) is 4.39 Å². The summed E-state index contributed by atoms with van der Waals surface area (Å²) in [7, 11) is 1.90. The summed E-state index contributed by atoms with van der Waals surface area (Å²) in [6.45, 7) is 2.74. The number of aromatic nitrogens is 1. The van der Waals surface area contributed by atoms with E-state index < -0.39 is 28.2 Å². The Morgan fingerprint density at radius 2 is 2.00 bits per heavy atom. The number of ether oxygens (including phenoxy) is 1. The number of carbonyl (C=O) groups is 2. The van der Waals surface area contributed by atoms with Crippen molar-refractivity contribution in [1.82, 2.24) is 14.8 Å². The van der Waals surface area contributed by atoms with Crippen LogP contribution in [0.15, 0.2) is 36.5 Å². The maximum Gasteiger partial charge on any atom is 0.313 e. The zero-order valence-electron chi connectivity index (χ0n) is 16.3. The molecule has 0 bridgehead atoms. The van der Waals surface area contributed by atoms with Crippen LogP contribution in [0, 0.1) is 15.9 Å². The van der Waals surface area contributed by atoms with Crippen LogP contribution in [0.5, 0.6) is 0 Å². The van der Waals surface area contributed by atoms with Crippen molar-refractivity contribution in [2.24, 2.45) is 7.05 Å². The van der Waals surface area contributed by atoms with Gasteiger partial charge in [-0.3, -0.25) is 24.6 Å². The number of hydrogen-bond donors (Lipinski definition) is 2. The lowest BCUT2D eigenvalue weighted by Crippen LogP contribution is -2.46. The summed E-state index contributed by atoms with van der Waals surface area (Å²) < 4.78 is 20.8. The molecule has 0 radical (unpaired) electrons. The molecule has 2 amide bonds. The molecule has 1 fully saturated rings. The molecule has 3 rings (SSSR count). The molecule has 160 valence electrons. The molecular weight excluding hydrogens is 397 g/mol. The summed E-state index contributed by atoms with van der Waals surface area (Å²) in [6.07, 6.45) is 1.90. The zero-order chi connectivity index (χ0) is 21.7. The van der Waals surface area contributed by atoms with Gasteiger partial charge in [0.2, 0.25) is 5.82 Å². The number of nitrogens with zero attached hydrogens (tertiary/aromatic N) is 3. The summed E-state index contributed by atoms with van der Waals surface area (Å²) in [5, 5.41) is 15.7. The molecule has 30 heavy (non-hydrogen) atoms. The molecule has 1 aliphatic rings. The average Bonchev–Trinajstić information content (AvgIpc) is 3.15. The Kier molecular flexibility index (Phi) is 6.75. The van der Waals surface area contributed by atoms with Gasteiger partial charge in [0.1, 0.15) is 0 Å². The van der Waals surface area contributed by atoms with E-state index in [1.165, 1.54) is 0 Å². The van der Waals surface area contributed by atoms with Crippen LogP contribution in [-0.2, 0) is 21.4 Å². The highest BCUT2D eigenvalue weighted by molar-refractivity contribution is 6.39. The summed E-state index contributed by atoms with van der Waals surface area (Å²) in [6, 6.07) is 6.56. The first-order valence-corrected chi connectivity index (χ1v) is 9.33. The highest BCUT2D eigenvalue weighted by Gasteiger charge is 2.26. The molecule has 1 atom stereocenters. The van der Waals surface area contributed by atoms with Crippen molar-refractivity contribution >= 4 is 23.2 Å². The quantitative estimate of drug-likeness (QED) is 0.413. The molecule has 0 aliphatic carbocycles. The van der Waals surface area contributed by atoms with Crippen LogP contribution in [0.4, 0.5) is 15.8 Å². The number of amides is 2. The van der Waals surface area contributed by atoms with Crippen LogP contribution < -0.4 is 10.6 Å². The van der Waals surface area contributed by atoms with Gasteiger partial charge in [-0.1, -0.05) is 0 Å². The number of benzene rings is 1. The fraction of sp³-hybridized carbons (Fsp3) is 0.368. The second-order valence-corrected chi connectivity index (χ2v) is 6.80. The molecule has 1 aromatic carbocycles. The fourth-order valence-electron chi connectivity index (χ4n) is 3.32. The first-order chi connectivity index (χ1) is 14.4. The Bertz CT molecular complexity index is 941. The number of nitro groups is 1. The van der Waals surface area contributed by atoms with Gasteiger partial charge in [-0.25, -0.2) is 0 Å². The molecule has 2 aromatic rings. The number of rotatable bonds is 6. The van der Waals surface area contributed by atoms with Gasteiger partial charge >= 0.3 is 17.5 Å². The number of nitro benzene ring substituents is 1. The molecular formula is C19H22FN5O5. The second-order valence-electron chi connectivity index (χ2n) is 6.80. The third-order valence-corrected chi connectivity index (χ3v) is 4.87. The lowest BCUT2D eigenvalue weighted by atomic mass is 10.1. The van der Waals surface area contributed by atoms with Crippen LogP contribution in [-0.4, -0.2) is 59.1 Å². The summed E-state index contributed by atoms with van der Waals surface area (Å²) >= 11 is 0. The van der Waals surface area contributed by atoms with Crippen molar-refractivity contribution in [2.75, 3.05) is 38.2 Å². The SMILES string of the molecule is Cn1cccc1C(CNC(=O)C(=O)Nc1ccc(F)c([N+](=O)[O-])c1)N1CCOCC1. The first kappa shape index (κ1) is 21.4. The van der Waals surface area contributed by atoms with Crippen LogP contribution >= 0.6 is 0 Å². The zero-order valence-corrected chi connectivity index (χ0v) is 16.3. The lowest BCUT2D eigenvalue weighted by Gasteiger charge is -2.34. The summed E-state index contributed by atoms with van der Waals surface area (Å²) in [4.78, 5) is 36.6. The smallest absolute Gasteiger partial charge is 0.313 e. The van der Waals surface area contributed by atoms with Crippen molar-refractivity contribution in [3.05, 3.63) is 58.2 Å².